The Balaban J connectivity index is 1.59. The predicted molar refractivity (Wildman–Crippen MR) is 83.2 cm³/mol. The van der Waals surface area contributed by atoms with Gasteiger partial charge in [0.15, 0.2) is 0 Å². The van der Waals surface area contributed by atoms with E-state index >= 15 is 0 Å². The summed E-state index contributed by atoms with van der Waals surface area (Å²) in [7, 11) is 0. The zero-order valence-electron chi connectivity index (χ0n) is 13.9. The molecule has 134 valence electrons. The summed E-state index contributed by atoms with van der Waals surface area (Å²) < 4.78 is 37.0. The summed E-state index contributed by atoms with van der Waals surface area (Å²) in [5, 5.41) is 2.96. The minimum atomic E-state index is -4.10. The summed E-state index contributed by atoms with van der Waals surface area (Å²) in [6, 6.07) is 0.00561. The minimum Gasteiger partial charge on any atom is -0.338 e. The van der Waals surface area contributed by atoms with Gasteiger partial charge < -0.3 is 10.2 Å². The molecule has 2 aliphatic rings. The first-order chi connectivity index (χ1) is 10.8. The summed E-state index contributed by atoms with van der Waals surface area (Å²) in [4.78, 5) is 15.4. The maximum absolute atomic E-state index is 12.3. The quantitative estimate of drug-likeness (QED) is 0.857. The van der Waals surface area contributed by atoms with Gasteiger partial charge in [0.25, 0.3) is 0 Å². The van der Waals surface area contributed by atoms with Crippen LogP contribution in [-0.2, 0) is 0 Å². The summed E-state index contributed by atoms with van der Waals surface area (Å²) >= 11 is 0. The first-order valence-electron chi connectivity index (χ1n) is 8.65. The fraction of sp³-hybridized carbons (Fsp3) is 0.938. The van der Waals surface area contributed by atoms with Crippen LogP contribution in [0.4, 0.5) is 18.0 Å². The maximum atomic E-state index is 12.3. The molecule has 0 aliphatic carbocycles. The van der Waals surface area contributed by atoms with Gasteiger partial charge >= 0.3 is 12.2 Å². The molecule has 2 amide bonds. The van der Waals surface area contributed by atoms with Gasteiger partial charge in [0, 0.05) is 19.6 Å². The lowest BCUT2D eigenvalue weighted by Gasteiger charge is -2.33. The van der Waals surface area contributed by atoms with Crippen molar-refractivity contribution in [2.24, 2.45) is 11.8 Å². The van der Waals surface area contributed by atoms with E-state index in [-0.39, 0.29) is 6.03 Å². The molecule has 0 saturated carbocycles. The third kappa shape index (κ3) is 6.57. The van der Waals surface area contributed by atoms with Gasteiger partial charge in [-0.1, -0.05) is 6.92 Å². The lowest BCUT2D eigenvalue weighted by atomic mass is 9.93. The first-order valence-corrected chi connectivity index (χ1v) is 8.65. The largest absolute Gasteiger partial charge is 0.401 e. The molecule has 1 N–H and O–H groups in total. The Kier molecular flexibility index (Phi) is 6.56. The molecule has 7 heteroatoms. The van der Waals surface area contributed by atoms with Crippen LogP contribution in [-0.4, -0.2) is 61.3 Å². The van der Waals surface area contributed by atoms with Gasteiger partial charge in [0.05, 0.1) is 6.54 Å². The van der Waals surface area contributed by atoms with Gasteiger partial charge in [-0.15, -0.1) is 0 Å². The van der Waals surface area contributed by atoms with Crippen molar-refractivity contribution in [3.05, 3.63) is 0 Å². The Morgan fingerprint density at radius 2 is 1.87 bits per heavy atom. The monoisotopic (exact) mass is 335 g/mol. The number of nitrogens with zero attached hydrogens (tertiary/aromatic N) is 2. The van der Waals surface area contributed by atoms with Gasteiger partial charge in [-0.2, -0.15) is 13.2 Å². The number of amides is 2. The summed E-state index contributed by atoms with van der Waals surface area (Å²) in [5.74, 6) is 0.979. The topological polar surface area (TPSA) is 35.6 Å². The number of nitrogens with one attached hydrogen (secondary N) is 1. The van der Waals surface area contributed by atoms with Crippen LogP contribution in [0.5, 0.6) is 0 Å². The highest BCUT2D eigenvalue weighted by molar-refractivity contribution is 5.74. The van der Waals surface area contributed by atoms with Crippen LogP contribution >= 0.6 is 0 Å². The highest BCUT2D eigenvalue weighted by Crippen LogP contribution is 2.24. The highest BCUT2D eigenvalue weighted by atomic mass is 19.4. The second kappa shape index (κ2) is 8.22. The van der Waals surface area contributed by atoms with E-state index in [0.29, 0.717) is 31.5 Å². The number of carbonyl (C=O) groups is 1. The summed E-state index contributed by atoms with van der Waals surface area (Å²) in [6.07, 6.45) is 0.563. The molecule has 0 bridgehead atoms. The van der Waals surface area contributed by atoms with Crippen LogP contribution in [0.1, 0.15) is 39.0 Å². The van der Waals surface area contributed by atoms with Crippen LogP contribution in [0.15, 0.2) is 0 Å². The molecule has 1 atom stereocenters. The highest BCUT2D eigenvalue weighted by Gasteiger charge is 2.32. The summed E-state index contributed by atoms with van der Waals surface area (Å²) in [5.41, 5.74) is 0. The molecule has 0 aromatic heterocycles. The zero-order valence-corrected chi connectivity index (χ0v) is 13.9. The lowest BCUT2D eigenvalue weighted by Crippen LogP contribution is -2.45. The van der Waals surface area contributed by atoms with Gasteiger partial charge in [0.2, 0.25) is 0 Å². The Labute approximate surface area is 136 Å². The van der Waals surface area contributed by atoms with Gasteiger partial charge in [-0.3, -0.25) is 4.90 Å². The van der Waals surface area contributed by atoms with Crippen LogP contribution in [0.25, 0.3) is 0 Å². The molecule has 0 radical (unpaired) electrons. The van der Waals surface area contributed by atoms with Gasteiger partial charge in [0.1, 0.15) is 0 Å². The second-order valence-corrected chi connectivity index (χ2v) is 7.05. The van der Waals surface area contributed by atoms with Crippen molar-refractivity contribution in [2.75, 3.05) is 39.3 Å². The third-order valence-corrected chi connectivity index (χ3v) is 4.88. The maximum Gasteiger partial charge on any atom is 0.401 e. The zero-order chi connectivity index (χ0) is 16.9. The number of hydrogen-bond acceptors (Lipinski definition) is 2. The Morgan fingerprint density at radius 1 is 1.17 bits per heavy atom. The number of alkyl halides is 3. The molecule has 2 aliphatic heterocycles. The van der Waals surface area contributed by atoms with E-state index in [1.807, 2.05) is 4.90 Å². The first kappa shape index (κ1) is 18.4. The number of likely N-dealkylation sites (tertiary alicyclic amines) is 2. The van der Waals surface area contributed by atoms with Gasteiger partial charge in [-0.25, -0.2) is 4.79 Å². The molecular formula is C16H28F3N3O. The van der Waals surface area contributed by atoms with Crippen molar-refractivity contribution in [3.63, 3.8) is 0 Å². The molecule has 4 nitrogen and oxygen atoms in total. The number of hydrogen-bond donors (Lipinski definition) is 1. The molecule has 1 unspecified atom stereocenters. The molecule has 2 rings (SSSR count). The Morgan fingerprint density at radius 3 is 2.48 bits per heavy atom. The van der Waals surface area contributed by atoms with Crippen molar-refractivity contribution in [1.82, 2.24) is 15.1 Å². The fourth-order valence-electron chi connectivity index (χ4n) is 3.56. The van der Waals surface area contributed by atoms with E-state index in [1.165, 1.54) is 11.3 Å². The molecular weight excluding hydrogens is 307 g/mol. The van der Waals surface area contributed by atoms with E-state index in [1.54, 1.807) is 0 Å². The standard InChI is InChI=1S/C16H28F3N3O/c1-13-3-2-8-22(11-13)15(23)20-7-4-14-5-9-21(10-6-14)12-16(17,18)19/h13-14H,2-12H2,1H3,(H,20,23). The molecule has 2 saturated heterocycles. The third-order valence-electron chi connectivity index (χ3n) is 4.88. The van der Waals surface area contributed by atoms with Crippen LogP contribution < -0.4 is 5.32 Å². The van der Waals surface area contributed by atoms with Gasteiger partial charge in [-0.05, 0) is 57.0 Å². The predicted octanol–water partition coefficient (Wildman–Crippen LogP) is 3.09. The molecule has 0 aromatic rings. The molecule has 0 spiro atoms. The number of halogens is 3. The van der Waals surface area contributed by atoms with E-state index in [2.05, 4.69) is 12.2 Å². The lowest BCUT2D eigenvalue weighted by molar-refractivity contribution is -0.148. The van der Waals surface area contributed by atoms with Crippen molar-refractivity contribution < 1.29 is 18.0 Å². The Hall–Kier alpha value is -0.980. The number of urea groups is 1. The number of carbonyl (C=O) groups excluding carboxylic acids is 1. The van der Waals surface area contributed by atoms with Crippen LogP contribution in [0, 0.1) is 11.8 Å². The average molecular weight is 335 g/mol. The Bertz CT molecular complexity index is 381. The second-order valence-electron chi connectivity index (χ2n) is 7.05. The molecule has 0 aromatic carbocycles. The summed E-state index contributed by atoms with van der Waals surface area (Å²) in [6.45, 7) is 4.63. The smallest absolute Gasteiger partial charge is 0.338 e. The molecule has 2 fully saturated rings. The van der Waals surface area contributed by atoms with Crippen molar-refractivity contribution in [2.45, 2.75) is 45.2 Å². The number of rotatable bonds is 4. The van der Waals surface area contributed by atoms with Crippen LogP contribution in [0.2, 0.25) is 0 Å². The van der Waals surface area contributed by atoms with Crippen LogP contribution in [0.3, 0.4) is 0 Å². The average Bonchev–Trinajstić information content (AvgIpc) is 2.47. The van der Waals surface area contributed by atoms with Crippen molar-refractivity contribution in [3.8, 4) is 0 Å². The fourth-order valence-corrected chi connectivity index (χ4v) is 3.56. The van der Waals surface area contributed by atoms with E-state index < -0.39 is 12.7 Å². The normalized spacial score (nSPS) is 24.7. The minimum absolute atomic E-state index is 0.00561. The van der Waals surface area contributed by atoms with E-state index in [9.17, 15) is 18.0 Å². The van der Waals surface area contributed by atoms with E-state index in [4.69, 9.17) is 0 Å². The van der Waals surface area contributed by atoms with E-state index in [0.717, 1.165) is 38.8 Å². The van der Waals surface area contributed by atoms with Crippen molar-refractivity contribution >= 4 is 6.03 Å². The SMILES string of the molecule is CC1CCCN(C(=O)NCCC2CCN(CC(F)(F)F)CC2)C1. The number of piperidine rings is 2. The molecule has 2 heterocycles. The van der Waals surface area contributed by atoms with Crippen molar-refractivity contribution in [1.29, 1.82) is 0 Å². The molecule has 23 heavy (non-hydrogen) atoms.